The number of hydrogen-bond acceptors (Lipinski definition) is 2. The summed E-state index contributed by atoms with van der Waals surface area (Å²) in [6.07, 6.45) is 0. The Hall–Kier alpha value is -2.56. The van der Waals surface area contributed by atoms with Crippen LogP contribution in [0.3, 0.4) is 0 Å². The molecule has 0 amide bonds. The number of nitrogens with zero attached hydrogens (tertiary/aromatic N) is 1. The predicted molar refractivity (Wildman–Crippen MR) is 64.5 cm³/mol. The molecule has 1 heterocycles. The first kappa shape index (κ1) is 11.5. The van der Waals surface area contributed by atoms with Gasteiger partial charge in [0, 0.05) is 0 Å². The minimum Gasteiger partial charge on any atom is -0.618 e. The lowest BCUT2D eigenvalue weighted by Crippen LogP contribution is -2.16. The number of ketones is 1. The standard InChI is InChI=1S/C14H7F2NO2/c15-9-4-1-3-8(7-9)12-14(18)10-5-2-6-11(16)13(10)17(12)19/h1-7H. The molecule has 19 heavy (non-hydrogen) atoms. The summed E-state index contributed by atoms with van der Waals surface area (Å²) in [6.45, 7) is 0. The van der Waals surface area contributed by atoms with Crippen molar-refractivity contribution in [2.45, 2.75) is 0 Å². The molecule has 0 spiro atoms. The minimum atomic E-state index is -0.771. The highest BCUT2D eigenvalue weighted by atomic mass is 19.1. The Kier molecular flexibility index (Phi) is 2.41. The van der Waals surface area contributed by atoms with Crippen LogP contribution in [0.25, 0.3) is 0 Å². The third-order valence-corrected chi connectivity index (χ3v) is 2.95. The molecule has 94 valence electrons. The van der Waals surface area contributed by atoms with E-state index in [4.69, 9.17) is 0 Å². The molecule has 0 aliphatic carbocycles. The highest BCUT2D eigenvalue weighted by molar-refractivity contribution is 6.52. The molecule has 1 aliphatic heterocycles. The van der Waals surface area contributed by atoms with Crippen LogP contribution >= 0.6 is 0 Å². The average molecular weight is 259 g/mol. The number of halogens is 2. The molecule has 0 N–H and O–H groups in total. The number of para-hydroxylation sites is 1. The Morgan fingerprint density at radius 3 is 2.47 bits per heavy atom. The average Bonchev–Trinajstić information content (AvgIpc) is 2.63. The van der Waals surface area contributed by atoms with Crippen molar-refractivity contribution in [2.24, 2.45) is 0 Å². The van der Waals surface area contributed by atoms with Crippen LogP contribution in [0.2, 0.25) is 0 Å². The zero-order chi connectivity index (χ0) is 13.6. The van der Waals surface area contributed by atoms with Crippen molar-refractivity contribution in [1.29, 1.82) is 0 Å². The van der Waals surface area contributed by atoms with E-state index in [2.05, 4.69) is 0 Å². The quantitative estimate of drug-likeness (QED) is 0.583. The van der Waals surface area contributed by atoms with Crippen molar-refractivity contribution < 1.29 is 18.3 Å². The van der Waals surface area contributed by atoms with Gasteiger partial charge in [-0.3, -0.25) is 4.79 Å². The van der Waals surface area contributed by atoms with Crippen molar-refractivity contribution in [2.75, 3.05) is 0 Å². The predicted octanol–water partition coefficient (Wildman–Crippen LogP) is 2.79. The van der Waals surface area contributed by atoms with Crippen molar-refractivity contribution >= 4 is 17.2 Å². The number of rotatable bonds is 1. The molecule has 3 rings (SSSR count). The van der Waals surface area contributed by atoms with Crippen LogP contribution in [-0.2, 0) is 0 Å². The largest absolute Gasteiger partial charge is 0.618 e. The minimum absolute atomic E-state index is 0.00531. The zero-order valence-corrected chi connectivity index (χ0v) is 9.56. The molecule has 5 heteroatoms. The first-order valence-electron chi connectivity index (χ1n) is 5.53. The third-order valence-electron chi connectivity index (χ3n) is 2.95. The first-order valence-corrected chi connectivity index (χ1v) is 5.53. The van der Waals surface area contributed by atoms with Crippen LogP contribution in [0.15, 0.2) is 42.5 Å². The van der Waals surface area contributed by atoms with Gasteiger partial charge in [0.1, 0.15) is 11.4 Å². The highest BCUT2D eigenvalue weighted by Crippen LogP contribution is 2.30. The van der Waals surface area contributed by atoms with Gasteiger partial charge in [0.15, 0.2) is 5.82 Å². The summed E-state index contributed by atoms with van der Waals surface area (Å²) >= 11 is 0. The fourth-order valence-electron chi connectivity index (χ4n) is 2.12. The van der Waals surface area contributed by atoms with E-state index in [0.717, 1.165) is 12.1 Å². The summed E-state index contributed by atoms with van der Waals surface area (Å²) in [5, 5.41) is 12.0. The summed E-state index contributed by atoms with van der Waals surface area (Å²) in [5.41, 5.74) is -0.448. The number of benzene rings is 2. The molecule has 2 aromatic rings. The number of carbonyl (C=O) groups is 1. The second-order valence-corrected chi connectivity index (χ2v) is 4.12. The third kappa shape index (κ3) is 1.62. The molecule has 0 fully saturated rings. The van der Waals surface area contributed by atoms with Gasteiger partial charge in [0.05, 0.1) is 5.56 Å². The molecule has 0 bridgehead atoms. The van der Waals surface area contributed by atoms with Crippen molar-refractivity contribution in [3.8, 4) is 0 Å². The number of hydrogen-bond donors (Lipinski definition) is 0. The van der Waals surface area contributed by atoms with E-state index in [1.54, 1.807) is 0 Å². The summed E-state index contributed by atoms with van der Waals surface area (Å²) in [5.74, 6) is -1.94. The molecule has 0 aromatic heterocycles. The topological polar surface area (TPSA) is 43.1 Å². The highest BCUT2D eigenvalue weighted by Gasteiger charge is 2.38. The number of carbonyl (C=O) groups excluding carboxylic acids is 1. The summed E-state index contributed by atoms with van der Waals surface area (Å²) in [6, 6.07) is 8.93. The fourth-order valence-corrected chi connectivity index (χ4v) is 2.12. The summed E-state index contributed by atoms with van der Waals surface area (Å²) in [4.78, 5) is 12.1. The Morgan fingerprint density at radius 1 is 1.05 bits per heavy atom. The molecule has 0 radical (unpaired) electrons. The summed E-state index contributed by atoms with van der Waals surface area (Å²) < 4.78 is 27.0. The van der Waals surface area contributed by atoms with Crippen molar-refractivity contribution in [3.05, 3.63) is 70.4 Å². The summed E-state index contributed by atoms with van der Waals surface area (Å²) in [7, 11) is 0. The lowest BCUT2D eigenvalue weighted by atomic mass is 10.0. The van der Waals surface area contributed by atoms with E-state index < -0.39 is 17.4 Å². The second-order valence-electron chi connectivity index (χ2n) is 4.12. The maximum Gasteiger partial charge on any atom is 0.273 e. The monoisotopic (exact) mass is 259 g/mol. The van der Waals surface area contributed by atoms with Crippen LogP contribution in [0, 0.1) is 16.8 Å². The van der Waals surface area contributed by atoms with E-state index in [1.165, 1.54) is 30.3 Å². The molecule has 0 saturated carbocycles. The molecular formula is C14H7F2NO2. The maximum absolute atomic E-state index is 13.6. The molecule has 3 nitrogen and oxygen atoms in total. The zero-order valence-electron chi connectivity index (χ0n) is 9.56. The lowest BCUT2D eigenvalue weighted by molar-refractivity contribution is -0.358. The van der Waals surface area contributed by atoms with Gasteiger partial charge in [-0.15, -0.1) is 0 Å². The molecule has 0 atom stereocenters. The lowest BCUT2D eigenvalue weighted by Gasteiger charge is -2.02. The SMILES string of the molecule is O=C1C(c2cccc(F)c2)=[N+]([O-])c2c(F)cccc21. The van der Waals surface area contributed by atoms with E-state index in [-0.39, 0.29) is 27.3 Å². The molecule has 2 aromatic carbocycles. The molecule has 1 aliphatic rings. The van der Waals surface area contributed by atoms with Crippen LogP contribution in [0.4, 0.5) is 14.5 Å². The Bertz CT molecular complexity index is 738. The van der Waals surface area contributed by atoms with E-state index in [9.17, 15) is 18.8 Å². The van der Waals surface area contributed by atoms with Crippen LogP contribution in [-0.4, -0.2) is 16.2 Å². The van der Waals surface area contributed by atoms with E-state index >= 15 is 0 Å². The fraction of sp³-hybridized carbons (Fsp3) is 0. The molecular weight excluding hydrogens is 252 g/mol. The van der Waals surface area contributed by atoms with Gasteiger partial charge < -0.3 is 5.21 Å². The van der Waals surface area contributed by atoms with E-state index in [0.29, 0.717) is 0 Å². The van der Waals surface area contributed by atoms with Crippen molar-refractivity contribution in [3.63, 3.8) is 0 Å². The Balaban J connectivity index is 2.25. The Labute approximate surface area is 107 Å². The smallest absolute Gasteiger partial charge is 0.273 e. The molecule has 0 saturated heterocycles. The normalized spacial score (nSPS) is 13.9. The number of fused-ring (bicyclic) bond motifs is 1. The second kappa shape index (κ2) is 3.98. The first-order chi connectivity index (χ1) is 9.09. The van der Waals surface area contributed by atoms with Gasteiger partial charge in [0.2, 0.25) is 0 Å². The van der Waals surface area contributed by atoms with Gasteiger partial charge in [-0.05, 0) is 30.3 Å². The van der Waals surface area contributed by atoms with Gasteiger partial charge in [0.25, 0.3) is 17.2 Å². The van der Waals surface area contributed by atoms with Gasteiger partial charge in [-0.1, -0.05) is 12.1 Å². The van der Waals surface area contributed by atoms with E-state index in [1.807, 2.05) is 0 Å². The van der Waals surface area contributed by atoms with Crippen LogP contribution < -0.4 is 0 Å². The van der Waals surface area contributed by atoms with Crippen LogP contribution in [0.1, 0.15) is 15.9 Å². The van der Waals surface area contributed by atoms with Gasteiger partial charge in [-0.25, -0.2) is 4.39 Å². The van der Waals surface area contributed by atoms with Gasteiger partial charge >= 0.3 is 0 Å². The van der Waals surface area contributed by atoms with Gasteiger partial charge in [-0.2, -0.15) is 9.13 Å². The molecule has 0 unspecified atom stereocenters. The Morgan fingerprint density at radius 2 is 1.79 bits per heavy atom. The number of Topliss-reactive ketones (excluding diaryl/α,β-unsaturated/α-hetero) is 1. The van der Waals surface area contributed by atoms with Crippen LogP contribution in [0.5, 0.6) is 0 Å². The maximum atomic E-state index is 13.6. The van der Waals surface area contributed by atoms with Crippen molar-refractivity contribution in [1.82, 2.24) is 0 Å².